The standard InChI is InChI=1S/C17H31N3/c1-5-10-18-15(14-8-7-9-17(14,3)4)13-16-19-11-12-20(16)6-2/h11-12,14-15,18H,5-10,13H2,1-4H3. The van der Waals surface area contributed by atoms with Crippen molar-refractivity contribution in [1.29, 1.82) is 0 Å². The first-order valence-corrected chi connectivity index (χ1v) is 8.32. The monoisotopic (exact) mass is 277 g/mol. The molecule has 0 radical (unpaired) electrons. The van der Waals surface area contributed by atoms with Crippen molar-refractivity contribution >= 4 is 0 Å². The molecule has 0 aromatic carbocycles. The van der Waals surface area contributed by atoms with Gasteiger partial charge in [0, 0.05) is 31.4 Å². The average Bonchev–Trinajstić information content (AvgIpc) is 3.00. The molecule has 0 saturated heterocycles. The van der Waals surface area contributed by atoms with Crippen LogP contribution in [0.1, 0.15) is 59.2 Å². The van der Waals surface area contributed by atoms with Gasteiger partial charge in [0.1, 0.15) is 5.82 Å². The summed E-state index contributed by atoms with van der Waals surface area (Å²) in [5.41, 5.74) is 0.467. The van der Waals surface area contributed by atoms with Gasteiger partial charge in [0.05, 0.1) is 0 Å². The zero-order chi connectivity index (χ0) is 14.6. The van der Waals surface area contributed by atoms with Gasteiger partial charge in [-0.2, -0.15) is 0 Å². The first-order valence-electron chi connectivity index (χ1n) is 8.32. The molecule has 0 aliphatic heterocycles. The topological polar surface area (TPSA) is 29.9 Å². The fourth-order valence-corrected chi connectivity index (χ4v) is 3.80. The number of imidazole rings is 1. The number of hydrogen-bond donors (Lipinski definition) is 1. The third-order valence-corrected chi connectivity index (χ3v) is 5.03. The summed E-state index contributed by atoms with van der Waals surface area (Å²) in [4.78, 5) is 4.58. The van der Waals surface area contributed by atoms with E-state index in [9.17, 15) is 0 Å². The maximum absolute atomic E-state index is 4.58. The van der Waals surface area contributed by atoms with Crippen LogP contribution >= 0.6 is 0 Å². The molecule has 2 atom stereocenters. The summed E-state index contributed by atoms with van der Waals surface area (Å²) in [5, 5.41) is 3.80. The summed E-state index contributed by atoms with van der Waals surface area (Å²) < 4.78 is 2.28. The Labute approximate surface area is 124 Å². The fourth-order valence-electron chi connectivity index (χ4n) is 3.80. The highest BCUT2D eigenvalue weighted by molar-refractivity contribution is 5.00. The summed E-state index contributed by atoms with van der Waals surface area (Å²) in [6.45, 7) is 11.5. The average molecular weight is 277 g/mol. The molecule has 1 aromatic heterocycles. The van der Waals surface area contributed by atoms with Gasteiger partial charge in [-0.1, -0.05) is 27.2 Å². The Morgan fingerprint density at radius 1 is 1.45 bits per heavy atom. The number of nitrogens with one attached hydrogen (secondary N) is 1. The van der Waals surface area contributed by atoms with Crippen molar-refractivity contribution in [2.75, 3.05) is 6.54 Å². The Kier molecular flexibility index (Phi) is 5.25. The summed E-state index contributed by atoms with van der Waals surface area (Å²) in [6.07, 6.45) is 10.4. The van der Waals surface area contributed by atoms with Gasteiger partial charge in [0.15, 0.2) is 0 Å². The maximum Gasteiger partial charge on any atom is 0.110 e. The van der Waals surface area contributed by atoms with Crippen molar-refractivity contribution in [3.63, 3.8) is 0 Å². The lowest BCUT2D eigenvalue weighted by molar-refractivity contribution is 0.193. The summed E-state index contributed by atoms with van der Waals surface area (Å²) >= 11 is 0. The van der Waals surface area contributed by atoms with Gasteiger partial charge in [-0.05, 0) is 44.1 Å². The molecule has 1 aliphatic carbocycles. The number of hydrogen-bond acceptors (Lipinski definition) is 2. The largest absolute Gasteiger partial charge is 0.335 e. The molecule has 0 bridgehead atoms. The molecule has 0 spiro atoms. The van der Waals surface area contributed by atoms with Gasteiger partial charge in [0.25, 0.3) is 0 Å². The summed E-state index contributed by atoms with van der Waals surface area (Å²) in [6, 6.07) is 0.570. The van der Waals surface area contributed by atoms with Crippen molar-refractivity contribution < 1.29 is 0 Å². The molecule has 20 heavy (non-hydrogen) atoms. The molecule has 3 heteroatoms. The van der Waals surface area contributed by atoms with Crippen molar-refractivity contribution in [1.82, 2.24) is 14.9 Å². The third-order valence-electron chi connectivity index (χ3n) is 5.03. The van der Waals surface area contributed by atoms with Crippen LogP contribution in [0.2, 0.25) is 0 Å². The number of aryl methyl sites for hydroxylation is 1. The van der Waals surface area contributed by atoms with Crippen LogP contribution in [0.15, 0.2) is 12.4 Å². The normalized spacial score (nSPS) is 23.1. The third kappa shape index (κ3) is 3.43. The van der Waals surface area contributed by atoms with E-state index in [4.69, 9.17) is 0 Å². The van der Waals surface area contributed by atoms with Crippen LogP contribution in [0.4, 0.5) is 0 Å². The Balaban J connectivity index is 2.11. The van der Waals surface area contributed by atoms with Crippen molar-refractivity contribution in [2.45, 2.75) is 72.4 Å². The molecule has 1 aromatic rings. The molecule has 0 amide bonds. The molecule has 114 valence electrons. The van der Waals surface area contributed by atoms with E-state index in [1.807, 2.05) is 6.20 Å². The van der Waals surface area contributed by atoms with E-state index in [1.54, 1.807) is 0 Å². The second-order valence-corrected chi connectivity index (χ2v) is 6.88. The molecule has 1 aliphatic rings. The maximum atomic E-state index is 4.58. The van der Waals surface area contributed by atoms with E-state index in [-0.39, 0.29) is 0 Å². The lowest BCUT2D eigenvalue weighted by atomic mass is 9.76. The van der Waals surface area contributed by atoms with Gasteiger partial charge < -0.3 is 9.88 Å². The van der Waals surface area contributed by atoms with E-state index in [0.29, 0.717) is 11.5 Å². The van der Waals surface area contributed by atoms with Crippen LogP contribution in [0.3, 0.4) is 0 Å². The predicted molar refractivity (Wildman–Crippen MR) is 84.8 cm³/mol. The van der Waals surface area contributed by atoms with Gasteiger partial charge in [-0.3, -0.25) is 0 Å². The van der Waals surface area contributed by atoms with Gasteiger partial charge in [0.2, 0.25) is 0 Å². The summed E-state index contributed by atoms with van der Waals surface area (Å²) in [7, 11) is 0. The molecule has 2 unspecified atom stereocenters. The van der Waals surface area contributed by atoms with E-state index >= 15 is 0 Å². The predicted octanol–water partition coefficient (Wildman–Crippen LogP) is 3.64. The molecule has 1 fully saturated rings. The Morgan fingerprint density at radius 3 is 2.85 bits per heavy atom. The smallest absolute Gasteiger partial charge is 0.110 e. The lowest BCUT2D eigenvalue weighted by Crippen LogP contribution is -2.43. The minimum Gasteiger partial charge on any atom is -0.335 e. The Morgan fingerprint density at radius 2 is 2.25 bits per heavy atom. The zero-order valence-corrected chi connectivity index (χ0v) is 13.7. The van der Waals surface area contributed by atoms with Gasteiger partial charge >= 0.3 is 0 Å². The highest BCUT2D eigenvalue weighted by Crippen LogP contribution is 2.44. The quantitative estimate of drug-likeness (QED) is 0.824. The Hall–Kier alpha value is -0.830. The molecular weight excluding hydrogens is 246 g/mol. The second kappa shape index (κ2) is 6.75. The number of rotatable bonds is 7. The van der Waals surface area contributed by atoms with Crippen LogP contribution in [-0.4, -0.2) is 22.1 Å². The SMILES string of the molecule is CCCNC(Cc1nccn1CC)C1CCCC1(C)C. The molecule has 3 nitrogen and oxygen atoms in total. The zero-order valence-electron chi connectivity index (χ0n) is 13.7. The first kappa shape index (κ1) is 15.6. The van der Waals surface area contributed by atoms with E-state index in [0.717, 1.165) is 25.4 Å². The minimum absolute atomic E-state index is 0.467. The van der Waals surface area contributed by atoms with Crippen LogP contribution in [0.25, 0.3) is 0 Å². The highest BCUT2D eigenvalue weighted by atomic mass is 15.1. The van der Waals surface area contributed by atoms with E-state index in [1.165, 1.54) is 31.5 Å². The first-order chi connectivity index (χ1) is 9.58. The fraction of sp³-hybridized carbons (Fsp3) is 0.824. The molecule has 1 heterocycles. The molecule has 1 saturated carbocycles. The van der Waals surface area contributed by atoms with Crippen molar-refractivity contribution in [2.24, 2.45) is 11.3 Å². The molecule has 1 N–H and O–H groups in total. The van der Waals surface area contributed by atoms with Crippen molar-refractivity contribution in [3.05, 3.63) is 18.2 Å². The number of aromatic nitrogens is 2. The van der Waals surface area contributed by atoms with Crippen LogP contribution in [-0.2, 0) is 13.0 Å². The lowest BCUT2D eigenvalue weighted by Gasteiger charge is -2.35. The van der Waals surface area contributed by atoms with Gasteiger partial charge in [-0.15, -0.1) is 0 Å². The molecule has 2 rings (SSSR count). The molecular formula is C17H31N3. The van der Waals surface area contributed by atoms with Crippen LogP contribution < -0.4 is 5.32 Å². The summed E-state index contributed by atoms with van der Waals surface area (Å²) in [5.74, 6) is 2.01. The minimum atomic E-state index is 0.467. The van der Waals surface area contributed by atoms with Crippen LogP contribution in [0, 0.1) is 11.3 Å². The van der Waals surface area contributed by atoms with Crippen LogP contribution in [0.5, 0.6) is 0 Å². The van der Waals surface area contributed by atoms with Gasteiger partial charge in [-0.25, -0.2) is 4.98 Å². The van der Waals surface area contributed by atoms with E-state index < -0.39 is 0 Å². The van der Waals surface area contributed by atoms with Crippen molar-refractivity contribution in [3.8, 4) is 0 Å². The van der Waals surface area contributed by atoms with E-state index in [2.05, 4.69) is 48.8 Å². The number of nitrogens with zero attached hydrogens (tertiary/aromatic N) is 2. The highest BCUT2D eigenvalue weighted by Gasteiger charge is 2.39. The second-order valence-electron chi connectivity index (χ2n) is 6.88. The Bertz CT molecular complexity index is 408.